The third kappa shape index (κ3) is 2.43. The third-order valence-corrected chi connectivity index (χ3v) is 6.37. The van der Waals surface area contributed by atoms with E-state index >= 15 is 0 Å². The standard InChI is InChI=1S/C18H24N2O2/c21-20(22)16-4-2-14(3-5-16)15-6-10-19(11-7-15)17-12-18(13-17)8-1-9-18/h2-5,15,17H,1,6-13H2. The number of benzene rings is 1. The second-order valence-electron chi connectivity index (χ2n) is 7.57. The quantitative estimate of drug-likeness (QED) is 0.623. The third-order valence-electron chi connectivity index (χ3n) is 6.37. The van der Waals surface area contributed by atoms with Crippen LogP contribution in [0.1, 0.15) is 56.4 Å². The molecule has 1 aromatic carbocycles. The van der Waals surface area contributed by atoms with Crippen LogP contribution in [-0.4, -0.2) is 29.0 Å². The molecule has 4 heteroatoms. The van der Waals surface area contributed by atoms with Crippen LogP contribution in [0.5, 0.6) is 0 Å². The smallest absolute Gasteiger partial charge is 0.269 e. The number of rotatable bonds is 3. The first kappa shape index (κ1) is 14.2. The SMILES string of the molecule is O=[N+]([O-])c1ccc(C2CCN(C3CC4(CCC4)C3)CC2)cc1. The van der Waals surface area contributed by atoms with Gasteiger partial charge in [0.05, 0.1) is 4.92 Å². The topological polar surface area (TPSA) is 46.4 Å². The predicted octanol–water partition coefficient (Wildman–Crippen LogP) is 4.11. The van der Waals surface area contributed by atoms with Crippen LogP contribution in [-0.2, 0) is 0 Å². The van der Waals surface area contributed by atoms with Crippen molar-refractivity contribution in [2.24, 2.45) is 5.41 Å². The molecule has 0 bridgehead atoms. The molecule has 0 atom stereocenters. The number of likely N-dealkylation sites (tertiary alicyclic amines) is 1. The Morgan fingerprint density at radius 2 is 1.73 bits per heavy atom. The Kier molecular flexibility index (Phi) is 3.44. The molecule has 1 saturated heterocycles. The highest BCUT2D eigenvalue weighted by atomic mass is 16.6. The zero-order valence-electron chi connectivity index (χ0n) is 13.0. The van der Waals surface area contributed by atoms with Gasteiger partial charge in [0.2, 0.25) is 0 Å². The molecule has 1 aliphatic heterocycles. The van der Waals surface area contributed by atoms with Crippen LogP contribution in [0.15, 0.2) is 24.3 Å². The van der Waals surface area contributed by atoms with Crippen molar-refractivity contribution in [3.05, 3.63) is 39.9 Å². The highest BCUT2D eigenvalue weighted by molar-refractivity contribution is 5.34. The van der Waals surface area contributed by atoms with E-state index < -0.39 is 0 Å². The Morgan fingerprint density at radius 3 is 2.23 bits per heavy atom. The predicted molar refractivity (Wildman–Crippen MR) is 86.0 cm³/mol. The highest BCUT2D eigenvalue weighted by Crippen LogP contribution is 2.57. The Bertz CT molecular complexity index is 549. The summed E-state index contributed by atoms with van der Waals surface area (Å²) in [4.78, 5) is 13.1. The van der Waals surface area contributed by atoms with Gasteiger partial charge < -0.3 is 4.90 Å². The average Bonchev–Trinajstić information content (AvgIpc) is 2.45. The van der Waals surface area contributed by atoms with E-state index in [1.165, 1.54) is 63.6 Å². The summed E-state index contributed by atoms with van der Waals surface area (Å²) in [5.41, 5.74) is 2.23. The van der Waals surface area contributed by atoms with Gasteiger partial charge in [-0.1, -0.05) is 18.6 Å². The molecule has 0 amide bonds. The lowest BCUT2D eigenvalue weighted by atomic mass is 9.53. The molecule has 2 saturated carbocycles. The summed E-state index contributed by atoms with van der Waals surface area (Å²) in [6.45, 7) is 2.39. The van der Waals surface area contributed by atoms with Gasteiger partial charge in [-0.15, -0.1) is 0 Å². The summed E-state index contributed by atoms with van der Waals surface area (Å²) in [6.07, 6.45) is 9.67. The minimum Gasteiger partial charge on any atom is -0.300 e. The Balaban J connectivity index is 1.31. The fourth-order valence-electron chi connectivity index (χ4n) is 4.75. The zero-order chi connectivity index (χ0) is 15.2. The average molecular weight is 300 g/mol. The van der Waals surface area contributed by atoms with Crippen LogP contribution in [0.2, 0.25) is 0 Å². The molecule has 22 heavy (non-hydrogen) atoms. The van der Waals surface area contributed by atoms with Gasteiger partial charge in [0.15, 0.2) is 0 Å². The molecule has 0 unspecified atom stereocenters. The van der Waals surface area contributed by atoms with Crippen LogP contribution in [0, 0.1) is 15.5 Å². The van der Waals surface area contributed by atoms with Crippen molar-refractivity contribution in [3.63, 3.8) is 0 Å². The summed E-state index contributed by atoms with van der Waals surface area (Å²) < 4.78 is 0. The molecule has 4 nitrogen and oxygen atoms in total. The van der Waals surface area contributed by atoms with Gasteiger partial charge in [0, 0.05) is 18.2 Å². The summed E-state index contributed by atoms with van der Waals surface area (Å²) in [5.74, 6) is 0.579. The summed E-state index contributed by atoms with van der Waals surface area (Å²) in [6, 6.07) is 8.04. The maximum Gasteiger partial charge on any atom is 0.269 e. The lowest BCUT2D eigenvalue weighted by molar-refractivity contribution is -0.384. The zero-order valence-corrected chi connectivity index (χ0v) is 13.0. The molecule has 2 aliphatic carbocycles. The minimum atomic E-state index is -0.320. The molecule has 4 rings (SSSR count). The van der Waals surface area contributed by atoms with Crippen molar-refractivity contribution < 1.29 is 4.92 Å². The van der Waals surface area contributed by atoms with Crippen LogP contribution >= 0.6 is 0 Å². The van der Waals surface area contributed by atoms with Gasteiger partial charge in [-0.05, 0) is 68.5 Å². The maximum atomic E-state index is 10.7. The molecule has 0 aromatic heterocycles. The number of non-ortho nitro benzene ring substituents is 1. The molecule has 1 spiro atoms. The van der Waals surface area contributed by atoms with Crippen LogP contribution in [0.3, 0.4) is 0 Å². The van der Waals surface area contributed by atoms with E-state index in [1.54, 1.807) is 12.1 Å². The summed E-state index contributed by atoms with van der Waals surface area (Å²) in [5, 5.41) is 10.7. The van der Waals surface area contributed by atoms with Crippen molar-refractivity contribution in [1.82, 2.24) is 4.90 Å². The van der Waals surface area contributed by atoms with Gasteiger partial charge in [-0.3, -0.25) is 10.1 Å². The normalized spacial score (nSPS) is 25.6. The molecule has 0 radical (unpaired) electrons. The van der Waals surface area contributed by atoms with Crippen molar-refractivity contribution in [2.45, 2.75) is 56.9 Å². The molecule has 3 fully saturated rings. The van der Waals surface area contributed by atoms with Gasteiger partial charge in [-0.25, -0.2) is 0 Å². The van der Waals surface area contributed by atoms with Crippen LogP contribution < -0.4 is 0 Å². The maximum absolute atomic E-state index is 10.7. The van der Waals surface area contributed by atoms with Gasteiger partial charge in [0.1, 0.15) is 0 Å². The van der Waals surface area contributed by atoms with E-state index in [4.69, 9.17) is 0 Å². The summed E-state index contributed by atoms with van der Waals surface area (Å²) >= 11 is 0. The van der Waals surface area contributed by atoms with E-state index in [0.29, 0.717) is 5.92 Å². The molecule has 1 aromatic rings. The molecular weight excluding hydrogens is 276 g/mol. The lowest BCUT2D eigenvalue weighted by Gasteiger charge is -2.58. The molecule has 118 valence electrons. The first-order valence-electron chi connectivity index (χ1n) is 8.64. The van der Waals surface area contributed by atoms with E-state index in [0.717, 1.165) is 11.5 Å². The minimum absolute atomic E-state index is 0.196. The van der Waals surface area contributed by atoms with Crippen molar-refractivity contribution in [2.75, 3.05) is 13.1 Å². The molecular formula is C18H24N2O2. The number of nitro benzene ring substituents is 1. The Hall–Kier alpha value is -1.42. The second kappa shape index (κ2) is 5.34. The Labute approximate surface area is 131 Å². The van der Waals surface area contributed by atoms with E-state index in [2.05, 4.69) is 4.90 Å². The first-order valence-corrected chi connectivity index (χ1v) is 8.64. The number of nitro groups is 1. The van der Waals surface area contributed by atoms with Gasteiger partial charge >= 0.3 is 0 Å². The second-order valence-corrected chi connectivity index (χ2v) is 7.57. The fraction of sp³-hybridized carbons (Fsp3) is 0.667. The fourth-order valence-corrected chi connectivity index (χ4v) is 4.75. The number of hydrogen-bond donors (Lipinski definition) is 0. The van der Waals surface area contributed by atoms with Gasteiger partial charge in [0.25, 0.3) is 5.69 Å². The van der Waals surface area contributed by atoms with Crippen molar-refractivity contribution >= 4 is 5.69 Å². The van der Waals surface area contributed by atoms with Crippen molar-refractivity contribution in [1.29, 1.82) is 0 Å². The number of piperidine rings is 1. The van der Waals surface area contributed by atoms with Crippen LogP contribution in [0.4, 0.5) is 5.69 Å². The molecule has 0 N–H and O–H groups in total. The van der Waals surface area contributed by atoms with E-state index in [1.807, 2.05) is 12.1 Å². The highest BCUT2D eigenvalue weighted by Gasteiger charge is 2.50. The number of nitrogens with zero attached hydrogens (tertiary/aromatic N) is 2. The monoisotopic (exact) mass is 300 g/mol. The number of hydrogen-bond acceptors (Lipinski definition) is 3. The van der Waals surface area contributed by atoms with Gasteiger partial charge in [-0.2, -0.15) is 0 Å². The van der Waals surface area contributed by atoms with E-state index in [9.17, 15) is 10.1 Å². The molecule has 3 aliphatic rings. The summed E-state index contributed by atoms with van der Waals surface area (Å²) in [7, 11) is 0. The largest absolute Gasteiger partial charge is 0.300 e. The Morgan fingerprint density at radius 1 is 1.09 bits per heavy atom. The van der Waals surface area contributed by atoms with Crippen molar-refractivity contribution in [3.8, 4) is 0 Å². The first-order chi connectivity index (χ1) is 10.7. The lowest BCUT2D eigenvalue weighted by Crippen LogP contribution is -2.55. The van der Waals surface area contributed by atoms with E-state index in [-0.39, 0.29) is 10.6 Å². The molecule has 1 heterocycles. The van der Waals surface area contributed by atoms with Crippen LogP contribution in [0.25, 0.3) is 0 Å².